The molecule has 0 saturated carbocycles. The highest BCUT2D eigenvalue weighted by molar-refractivity contribution is 6.32. The molecule has 108 valence electrons. The fraction of sp³-hybridized carbons (Fsp3) is 0.467. The van der Waals surface area contributed by atoms with Gasteiger partial charge in [0.25, 0.3) is 0 Å². The molecule has 0 aliphatic carbocycles. The third kappa shape index (κ3) is 4.84. The van der Waals surface area contributed by atoms with Gasteiger partial charge in [-0.05, 0) is 38.6 Å². The van der Waals surface area contributed by atoms with Crippen LogP contribution in [0.15, 0.2) is 18.2 Å². The minimum Gasteiger partial charge on any atom is -0.325 e. The number of hydrogen-bond acceptors (Lipinski definition) is 3. The zero-order valence-corrected chi connectivity index (χ0v) is 12.9. The van der Waals surface area contributed by atoms with Crippen LogP contribution in [0.5, 0.6) is 0 Å². The summed E-state index contributed by atoms with van der Waals surface area (Å²) in [4.78, 5) is 14.0. The number of benzene rings is 1. The van der Waals surface area contributed by atoms with Crippen LogP contribution >= 0.6 is 11.6 Å². The van der Waals surface area contributed by atoms with E-state index >= 15 is 0 Å². The first-order valence-corrected chi connectivity index (χ1v) is 7.05. The van der Waals surface area contributed by atoms with Gasteiger partial charge in [0.05, 0.1) is 17.1 Å². The number of hydrogen-bond donors (Lipinski definition) is 1. The fourth-order valence-electron chi connectivity index (χ4n) is 1.90. The number of nitriles is 1. The number of nitrogens with zero attached hydrogens (tertiary/aromatic N) is 2. The maximum Gasteiger partial charge on any atom is 0.238 e. The Bertz CT molecular complexity index is 510. The van der Waals surface area contributed by atoms with Crippen LogP contribution < -0.4 is 5.32 Å². The second-order valence-electron chi connectivity index (χ2n) is 4.91. The number of likely N-dealkylation sites (N-methyl/N-ethyl adjacent to an activating group) is 1. The molecule has 1 amide bonds. The van der Waals surface area contributed by atoms with Gasteiger partial charge in [-0.2, -0.15) is 5.26 Å². The van der Waals surface area contributed by atoms with Crippen LogP contribution in [0.3, 0.4) is 0 Å². The van der Waals surface area contributed by atoms with Gasteiger partial charge in [0, 0.05) is 11.7 Å². The van der Waals surface area contributed by atoms with Crippen molar-refractivity contribution in [1.29, 1.82) is 5.26 Å². The summed E-state index contributed by atoms with van der Waals surface area (Å²) >= 11 is 5.93. The summed E-state index contributed by atoms with van der Waals surface area (Å²) in [7, 11) is 1.94. The highest BCUT2D eigenvalue weighted by Gasteiger charge is 2.12. The van der Waals surface area contributed by atoms with E-state index in [9.17, 15) is 4.79 Å². The first-order chi connectivity index (χ1) is 9.47. The SMILES string of the molecule is CCCC(C)N(C)CC(=O)Nc1ccc(C#N)c(Cl)c1. The third-order valence-corrected chi connectivity index (χ3v) is 3.54. The molecule has 0 aliphatic rings. The lowest BCUT2D eigenvalue weighted by Crippen LogP contribution is -2.36. The van der Waals surface area contributed by atoms with Crippen LogP contribution in [0.4, 0.5) is 5.69 Å². The first-order valence-electron chi connectivity index (χ1n) is 6.67. The Morgan fingerprint density at radius 1 is 1.55 bits per heavy atom. The van der Waals surface area contributed by atoms with E-state index in [1.165, 1.54) is 0 Å². The second-order valence-corrected chi connectivity index (χ2v) is 5.31. The summed E-state index contributed by atoms with van der Waals surface area (Å²) in [5.74, 6) is -0.0868. The maximum atomic E-state index is 11.9. The Kier molecular flexibility index (Phi) is 6.50. The molecule has 0 aliphatic heterocycles. The topological polar surface area (TPSA) is 56.1 Å². The van der Waals surface area contributed by atoms with Crippen LogP contribution in [0.1, 0.15) is 32.3 Å². The minimum atomic E-state index is -0.0868. The molecule has 1 aromatic carbocycles. The maximum absolute atomic E-state index is 11.9. The van der Waals surface area contributed by atoms with E-state index in [-0.39, 0.29) is 5.91 Å². The Hall–Kier alpha value is -1.57. The lowest BCUT2D eigenvalue weighted by molar-refractivity contribution is -0.117. The van der Waals surface area contributed by atoms with Crippen LogP contribution in [0.2, 0.25) is 5.02 Å². The van der Waals surface area contributed by atoms with E-state index in [0.717, 1.165) is 12.8 Å². The molecule has 1 unspecified atom stereocenters. The molecule has 0 aromatic heterocycles. The smallest absolute Gasteiger partial charge is 0.238 e. The van der Waals surface area contributed by atoms with E-state index in [0.29, 0.717) is 28.9 Å². The van der Waals surface area contributed by atoms with Crippen molar-refractivity contribution in [2.75, 3.05) is 18.9 Å². The van der Waals surface area contributed by atoms with Crippen molar-refractivity contribution in [2.24, 2.45) is 0 Å². The number of carbonyl (C=O) groups is 1. The summed E-state index contributed by atoms with van der Waals surface area (Å²) in [5, 5.41) is 11.9. The number of anilines is 1. The molecule has 20 heavy (non-hydrogen) atoms. The number of amides is 1. The molecule has 0 bridgehead atoms. The molecular formula is C15H20ClN3O. The molecule has 5 heteroatoms. The summed E-state index contributed by atoms with van der Waals surface area (Å²) in [6, 6.07) is 7.22. The summed E-state index contributed by atoms with van der Waals surface area (Å²) < 4.78 is 0. The number of nitrogens with one attached hydrogen (secondary N) is 1. The van der Waals surface area contributed by atoms with Crippen molar-refractivity contribution in [3.8, 4) is 6.07 Å². The predicted molar refractivity (Wildman–Crippen MR) is 81.8 cm³/mol. The Balaban J connectivity index is 2.59. The van der Waals surface area contributed by atoms with Crippen LogP contribution in [0.25, 0.3) is 0 Å². The Morgan fingerprint density at radius 2 is 2.25 bits per heavy atom. The standard InChI is InChI=1S/C15H20ClN3O/c1-4-5-11(2)19(3)10-15(20)18-13-7-6-12(9-17)14(16)8-13/h6-8,11H,4-5,10H2,1-3H3,(H,18,20). The molecule has 1 atom stereocenters. The number of carbonyl (C=O) groups excluding carboxylic acids is 1. The highest BCUT2D eigenvalue weighted by Crippen LogP contribution is 2.20. The van der Waals surface area contributed by atoms with Gasteiger partial charge in [0.15, 0.2) is 0 Å². The van der Waals surface area contributed by atoms with Crippen LogP contribution in [-0.4, -0.2) is 30.4 Å². The van der Waals surface area contributed by atoms with Crippen molar-refractivity contribution in [3.63, 3.8) is 0 Å². The lowest BCUT2D eigenvalue weighted by Gasteiger charge is -2.23. The van der Waals surface area contributed by atoms with E-state index < -0.39 is 0 Å². The second kappa shape index (κ2) is 7.88. The monoisotopic (exact) mass is 293 g/mol. The van der Waals surface area contributed by atoms with Gasteiger partial charge >= 0.3 is 0 Å². The Morgan fingerprint density at radius 3 is 2.80 bits per heavy atom. The highest BCUT2D eigenvalue weighted by atomic mass is 35.5. The number of rotatable bonds is 6. The molecule has 0 radical (unpaired) electrons. The molecule has 0 spiro atoms. The zero-order chi connectivity index (χ0) is 15.1. The van der Waals surface area contributed by atoms with Crippen LogP contribution in [-0.2, 0) is 4.79 Å². The van der Waals surface area contributed by atoms with Gasteiger partial charge in [-0.25, -0.2) is 0 Å². The quantitative estimate of drug-likeness (QED) is 0.876. The lowest BCUT2D eigenvalue weighted by atomic mass is 10.2. The molecule has 0 saturated heterocycles. The summed E-state index contributed by atoms with van der Waals surface area (Å²) in [5.41, 5.74) is 1.01. The minimum absolute atomic E-state index is 0.0868. The fourth-order valence-corrected chi connectivity index (χ4v) is 2.13. The van der Waals surface area contributed by atoms with Crippen LogP contribution in [0, 0.1) is 11.3 Å². The average Bonchev–Trinajstić information content (AvgIpc) is 2.39. The van der Waals surface area contributed by atoms with Crippen molar-refractivity contribution in [2.45, 2.75) is 32.7 Å². The first kappa shape index (κ1) is 16.5. The zero-order valence-electron chi connectivity index (χ0n) is 12.1. The van der Waals surface area contributed by atoms with E-state index in [1.54, 1.807) is 18.2 Å². The normalized spacial score (nSPS) is 12.0. The van der Waals surface area contributed by atoms with E-state index in [1.807, 2.05) is 18.0 Å². The van der Waals surface area contributed by atoms with Gasteiger partial charge < -0.3 is 5.32 Å². The molecule has 4 nitrogen and oxygen atoms in total. The summed E-state index contributed by atoms with van der Waals surface area (Å²) in [6.07, 6.45) is 2.16. The molecule has 1 aromatic rings. The average molecular weight is 294 g/mol. The van der Waals surface area contributed by atoms with Gasteiger partial charge in [0.1, 0.15) is 6.07 Å². The van der Waals surface area contributed by atoms with Crippen molar-refractivity contribution < 1.29 is 4.79 Å². The van der Waals surface area contributed by atoms with Crippen molar-refractivity contribution >= 4 is 23.2 Å². The van der Waals surface area contributed by atoms with E-state index in [2.05, 4.69) is 19.2 Å². The van der Waals surface area contributed by atoms with Crippen molar-refractivity contribution in [3.05, 3.63) is 28.8 Å². The molecular weight excluding hydrogens is 274 g/mol. The molecule has 0 heterocycles. The Labute approximate surface area is 125 Å². The third-order valence-electron chi connectivity index (χ3n) is 3.23. The molecule has 1 rings (SSSR count). The van der Waals surface area contributed by atoms with Gasteiger partial charge in [-0.3, -0.25) is 9.69 Å². The number of halogens is 1. The van der Waals surface area contributed by atoms with E-state index in [4.69, 9.17) is 16.9 Å². The summed E-state index contributed by atoms with van der Waals surface area (Å²) in [6.45, 7) is 4.57. The molecule has 1 N–H and O–H groups in total. The van der Waals surface area contributed by atoms with Gasteiger partial charge in [0.2, 0.25) is 5.91 Å². The largest absolute Gasteiger partial charge is 0.325 e. The van der Waals surface area contributed by atoms with Gasteiger partial charge in [-0.1, -0.05) is 24.9 Å². The van der Waals surface area contributed by atoms with Crippen molar-refractivity contribution in [1.82, 2.24) is 4.90 Å². The molecule has 0 fully saturated rings. The predicted octanol–water partition coefficient (Wildman–Crippen LogP) is 3.27. The van der Waals surface area contributed by atoms with Gasteiger partial charge in [-0.15, -0.1) is 0 Å².